The van der Waals surface area contributed by atoms with Crippen molar-refractivity contribution >= 4 is 34.1 Å². The number of nitrogens with one attached hydrogen (secondary N) is 1. The highest BCUT2D eigenvalue weighted by Crippen LogP contribution is 2.32. The minimum atomic E-state index is -0.223. The number of aromatic nitrogens is 3. The van der Waals surface area contributed by atoms with E-state index in [1.54, 1.807) is 18.3 Å². The molecule has 0 atom stereocenters. The van der Waals surface area contributed by atoms with Crippen LogP contribution in [0.25, 0.3) is 0 Å². The van der Waals surface area contributed by atoms with Crippen molar-refractivity contribution in [2.75, 3.05) is 5.32 Å². The summed E-state index contributed by atoms with van der Waals surface area (Å²) in [6.07, 6.45) is 2.50. The van der Waals surface area contributed by atoms with E-state index >= 15 is 0 Å². The first-order valence-electron chi connectivity index (χ1n) is 7.90. The number of amides is 1. The average Bonchev–Trinajstić information content (AvgIpc) is 3.05. The molecular formula is C18H18N4OS2. The predicted molar refractivity (Wildman–Crippen MR) is 102 cm³/mol. The van der Waals surface area contributed by atoms with Crippen LogP contribution in [0.3, 0.4) is 0 Å². The molecule has 25 heavy (non-hydrogen) atoms. The highest BCUT2D eigenvalue weighted by Gasteiger charge is 2.16. The van der Waals surface area contributed by atoms with Crippen LogP contribution in [0.15, 0.2) is 46.5 Å². The minimum absolute atomic E-state index is 0.223. The molecule has 3 rings (SSSR count). The van der Waals surface area contributed by atoms with Crippen molar-refractivity contribution in [2.45, 2.75) is 37.1 Å². The second-order valence-corrected chi connectivity index (χ2v) is 7.63. The number of carbonyl (C=O) groups excluding carboxylic acids is 1. The van der Waals surface area contributed by atoms with Gasteiger partial charge in [-0.25, -0.2) is 4.98 Å². The topological polar surface area (TPSA) is 67.8 Å². The van der Waals surface area contributed by atoms with Gasteiger partial charge >= 0.3 is 0 Å². The lowest BCUT2D eigenvalue weighted by molar-refractivity contribution is 0.102. The largest absolute Gasteiger partial charge is 0.296 e. The summed E-state index contributed by atoms with van der Waals surface area (Å²) in [6.45, 7) is 6.13. The van der Waals surface area contributed by atoms with Crippen LogP contribution < -0.4 is 5.32 Å². The van der Waals surface area contributed by atoms with Gasteiger partial charge in [0.25, 0.3) is 5.91 Å². The van der Waals surface area contributed by atoms with Crippen molar-refractivity contribution in [2.24, 2.45) is 0 Å². The number of hydrogen-bond donors (Lipinski definition) is 1. The van der Waals surface area contributed by atoms with Crippen molar-refractivity contribution in [1.29, 1.82) is 0 Å². The lowest BCUT2D eigenvalue weighted by Gasteiger charge is -2.09. The van der Waals surface area contributed by atoms with E-state index in [1.165, 1.54) is 34.2 Å². The van der Waals surface area contributed by atoms with E-state index in [0.717, 1.165) is 16.3 Å². The van der Waals surface area contributed by atoms with Crippen LogP contribution in [0.4, 0.5) is 5.13 Å². The van der Waals surface area contributed by atoms with E-state index in [2.05, 4.69) is 52.5 Å². The summed E-state index contributed by atoms with van der Waals surface area (Å²) in [5.74, 6) is -0.223. The van der Waals surface area contributed by atoms with Gasteiger partial charge in [0.1, 0.15) is 10.0 Å². The van der Waals surface area contributed by atoms with E-state index in [-0.39, 0.29) is 5.91 Å². The average molecular weight is 371 g/mol. The standard InChI is InChI=1S/C18H18N4OS2/c1-4-15-21-22-18(25-15)20-16(23)13-6-5-9-19-17(13)24-14-8-7-11(2)10-12(14)3/h5-10H,4H2,1-3H3,(H,20,22,23). The Bertz CT molecular complexity index is 908. The number of hydrogen-bond acceptors (Lipinski definition) is 6. The van der Waals surface area contributed by atoms with Gasteiger partial charge in [-0.15, -0.1) is 10.2 Å². The Morgan fingerprint density at radius 2 is 2.08 bits per heavy atom. The first-order chi connectivity index (χ1) is 12.1. The maximum atomic E-state index is 12.6. The predicted octanol–water partition coefficient (Wildman–Crippen LogP) is 4.52. The molecule has 2 aromatic heterocycles. The quantitative estimate of drug-likeness (QED) is 0.715. The first kappa shape index (κ1) is 17.6. The SMILES string of the molecule is CCc1nnc(NC(=O)c2cccnc2Sc2ccc(C)cc2C)s1. The molecule has 128 valence electrons. The second-order valence-electron chi connectivity index (χ2n) is 5.54. The molecule has 0 fully saturated rings. The number of anilines is 1. The number of rotatable bonds is 5. The van der Waals surface area contributed by atoms with E-state index in [4.69, 9.17) is 0 Å². The third-order valence-electron chi connectivity index (χ3n) is 3.54. The Labute approximate surface area is 154 Å². The second kappa shape index (κ2) is 7.76. The zero-order valence-electron chi connectivity index (χ0n) is 14.2. The molecule has 0 spiro atoms. The third kappa shape index (κ3) is 4.24. The van der Waals surface area contributed by atoms with Crippen molar-refractivity contribution in [1.82, 2.24) is 15.2 Å². The molecule has 1 N–H and O–H groups in total. The highest BCUT2D eigenvalue weighted by molar-refractivity contribution is 7.99. The number of aryl methyl sites for hydroxylation is 3. The Morgan fingerprint density at radius 3 is 2.80 bits per heavy atom. The smallest absolute Gasteiger partial charge is 0.260 e. The summed E-state index contributed by atoms with van der Waals surface area (Å²) in [5.41, 5.74) is 2.91. The van der Waals surface area contributed by atoms with E-state index in [1.807, 2.05) is 6.92 Å². The number of carbonyl (C=O) groups is 1. The number of pyridine rings is 1. The van der Waals surface area contributed by atoms with Gasteiger partial charge in [0.15, 0.2) is 0 Å². The molecule has 0 unspecified atom stereocenters. The Balaban J connectivity index is 1.83. The van der Waals surface area contributed by atoms with Gasteiger partial charge in [-0.2, -0.15) is 0 Å². The molecule has 0 bridgehead atoms. The molecule has 0 saturated carbocycles. The van der Waals surface area contributed by atoms with Crippen molar-refractivity contribution in [3.05, 3.63) is 58.2 Å². The van der Waals surface area contributed by atoms with Gasteiger partial charge in [0.2, 0.25) is 5.13 Å². The molecule has 2 heterocycles. The van der Waals surface area contributed by atoms with Gasteiger partial charge in [0.05, 0.1) is 5.56 Å². The zero-order chi connectivity index (χ0) is 17.8. The Morgan fingerprint density at radius 1 is 1.24 bits per heavy atom. The van der Waals surface area contributed by atoms with Gasteiger partial charge in [-0.3, -0.25) is 10.1 Å². The zero-order valence-corrected chi connectivity index (χ0v) is 15.9. The fourth-order valence-corrected chi connectivity index (χ4v) is 3.90. The van der Waals surface area contributed by atoms with E-state index < -0.39 is 0 Å². The number of benzene rings is 1. The van der Waals surface area contributed by atoms with Gasteiger partial charge in [-0.1, -0.05) is 47.7 Å². The Kier molecular flexibility index (Phi) is 5.45. The lowest BCUT2D eigenvalue weighted by atomic mass is 10.2. The molecular weight excluding hydrogens is 352 g/mol. The number of nitrogens with zero attached hydrogens (tertiary/aromatic N) is 3. The lowest BCUT2D eigenvalue weighted by Crippen LogP contribution is -2.13. The van der Waals surface area contributed by atoms with Crippen molar-refractivity contribution in [3.63, 3.8) is 0 Å². The molecule has 0 aliphatic rings. The van der Waals surface area contributed by atoms with Gasteiger partial charge in [-0.05, 0) is 44.0 Å². The first-order valence-corrected chi connectivity index (χ1v) is 9.54. The summed E-state index contributed by atoms with van der Waals surface area (Å²) in [7, 11) is 0. The molecule has 0 saturated heterocycles. The Hall–Kier alpha value is -2.25. The maximum Gasteiger partial charge on any atom is 0.260 e. The van der Waals surface area contributed by atoms with Crippen LogP contribution in [0.2, 0.25) is 0 Å². The van der Waals surface area contributed by atoms with E-state index in [0.29, 0.717) is 15.7 Å². The van der Waals surface area contributed by atoms with Crippen LogP contribution in [-0.4, -0.2) is 21.1 Å². The summed E-state index contributed by atoms with van der Waals surface area (Å²) < 4.78 is 0. The molecule has 0 radical (unpaired) electrons. The van der Waals surface area contributed by atoms with Crippen LogP contribution in [0.1, 0.15) is 33.4 Å². The van der Waals surface area contributed by atoms with Crippen molar-refractivity contribution in [3.8, 4) is 0 Å². The summed E-state index contributed by atoms with van der Waals surface area (Å²) in [4.78, 5) is 18.1. The van der Waals surface area contributed by atoms with Crippen molar-refractivity contribution < 1.29 is 4.79 Å². The molecule has 5 nitrogen and oxygen atoms in total. The summed E-state index contributed by atoms with van der Waals surface area (Å²) in [5, 5.41) is 12.9. The molecule has 0 aliphatic carbocycles. The van der Waals surface area contributed by atoms with Gasteiger partial charge in [0, 0.05) is 11.1 Å². The molecule has 1 amide bonds. The van der Waals surface area contributed by atoms with Crippen LogP contribution in [0.5, 0.6) is 0 Å². The van der Waals surface area contributed by atoms with Crippen LogP contribution >= 0.6 is 23.1 Å². The van der Waals surface area contributed by atoms with Gasteiger partial charge < -0.3 is 0 Å². The maximum absolute atomic E-state index is 12.6. The summed E-state index contributed by atoms with van der Waals surface area (Å²) >= 11 is 2.88. The third-order valence-corrected chi connectivity index (χ3v) is 5.72. The fraction of sp³-hybridized carbons (Fsp3) is 0.222. The fourth-order valence-electron chi connectivity index (χ4n) is 2.27. The molecule has 0 aliphatic heterocycles. The normalized spacial score (nSPS) is 10.7. The minimum Gasteiger partial charge on any atom is -0.296 e. The molecule has 1 aromatic carbocycles. The van der Waals surface area contributed by atoms with Crippen LogP contribution in [-0.2, 0) is 6.42 Å². The molecule has 7 heteroatoms. The summed E-state index contributed by atoms with van der Waals surface area (Å²) in [6, 6.07) is 9.78. The monoisotopic (exact) mass is 370 g/mol. The van der Waals surface area contributed by atoms with E-state index in [9.17, 15) is 4.79 Å². The highest BCUT2D eigenvalue weighted by atomic mass is 32.2. The van der Waals surface area contributed by atoms with Crippen LogP contribution in [0, 0.1) is 13.8 Å². The molecule has 3 aromatic rings.